The molecule has 0 bridgehead atoms. The van der Waals surface area contributed by atoms with Crippen LogP contribution in [0.3, 0.4) is 0 Å². The molecule has 0 saturated carbocycles. The Morgan fingerprint density at radius 2 is 1.90 bits per heavy atom. The molecule has 1 aromatic rings. The number of benzene rings is 1. The van der Waals surface area contributed by atoms with Gasteiger partial charge in [-0.05, 0) is 44.5 Å². The van der Waals surface area contributed by atoms with E-state index in [9.17, 15) is 0 Å². The summed E-state index contributed by atoms with van der Waals surface area (Å²) in [6, 6.07) is 7.91. The van der Waals surface area contributed by atoms with Gasteiger partial charge >= 0.3 is 0 Å². The predicted molar refractivity (Wildman–Crippen MR) is 86.4 cm³/mol. The van der Waals surface area contributed by atoms with Crippen LogP contribution in [0.2, 0.25) is 0 Å². The fourth-order valence-corrected chi connectivity index (χ4v) is 2.01. The summed E-state index contributed by atoms with van der Waals surface area (Å²) < 4.78 is 16.5. The van der Waals surface area contributed by atoms with Crippen LogP contribution in [0.4, 0.5) is 0 Å². The molecule has 0 heterocycles. The molecule has 0 aliphatic heterocycles. The first kappa shape index (κ1) is 17.3. The summed E-state index contributed by atoms with van der Waals surface area (Å²) >= 11 is 0. The van der Waals surface area contributed by atoms with Crippen LogP contribution in [-0.2, 0) is 16.1 Å². The van der Waals surface area contributed by atoms with Crippen LogP contribution >= 0.6 is 0 Å². The quantitative estimate of drug-likeness (QED) is 0.495. The van der Waals surface area contributed by atoms with Gasteiger partial charge in [-0.2, -0.15) is 0 Å². The Kier molecular flexibility index (Phi) is 7.62. The van der Waals surface area contributed by atoms with Crippen LogP contribution < -0.4 is 4.74 Å². The van der Waals surface area contributed by atoms with E-state index >= 15 is 0 Å². The third-order valence-corrected chi connectivity index (χ3v) is 3.05. The van der Waals surface area contributed by atoms with E-state index in [1.54, 1.807) is 7.11 Å². The molecule has 2 atom stereocenters. The zero-order valence-corrected chi connectivity index (χ0v) is 13.5. The highest BCUT2D eigenvalue weighted by Gasteiger charge is 2.11. The minimum Gasteiger partial charge on any atom is -0.497 e. The molecule has 0 spiro atoms. The third kappa shape index (κ3) is 7.00. The SMILES string of the molecule is C=COC(C=C(C)C)C[C@@H](C)OCc1ccc(OC)cc1. The Labute approximate surface area is 128 Å². The monoisotopic (exact) mass is 290 g/mol. The molecule has 0 saturated heterocycles. The van der Waals surface area contributed by atoms with Gasteiger partial charge in [-0.1, -0.05) is 24.3 Å². The maximum Gasteiger partial charge on any atom is 0.119 e. The number of ether oxygens (including phenoxy) is 3. The molecule has 1 rings (SSSR count). The van der Waals surface area contributed by atoms with Crippen LogP contribution in [0.1, 0.15) is 32.8 Å². The second-order valence-electron chi connectivity index (χ2n) is 5.29. The summed E-state index contributed by atoms with van der Waals surface area (Å²) in [4.78, 5) is 0. The van der Waals surface area contributed by atoms with Gasteiger partial charge in [0.1, 0.15) is 11.9 Å². The van der Waals surface area contributed by atoms with Crippen molar-refractivity contribution in [2.45, 2.75) is 46.0 Å². The summed E-state index contributed by atoms with van der Waals surface area (Å²) in [5.74, 6) is 0.856. The number of allylic oxidation sites excluding steroid dienone is 1. The Hall–Kier alpha value is -1.74. The fraction of sp³-hybridized carbons (Fsp3) is 0.444. The van der Waals surface area contributed by atoms with Crippen molar-refractivity contribution in [1.82, 2.24) is 0 Å². The second kappa shape index (κ2) is 9.24. The first-order valence-corrected chi connectivity index (χ1v) is 7.21. The van der Waals surface area contributed by atoms with E-state index in [1.165, 1.54) is 11.8 Å². The molecule has 21 heavy (non-hydrogen) atoms. The lowest BCUT2D eigenvalue weighted by Gasteiger charge is -2.19. The Morgan fingerprint density at radius 3 is 2.43 bits per heavy atom. The van der Waals surface area contributed by atoms with Gasteiger partial charge in [-0.15, -0.1) is 0 Å². The average molecular weight is 290 g/mol. The molecule has 0 fully saturated rings. The normalized spacial score (nSPS) is 13.1. The van der Waals surface area contributed by atoms with E-state index in [4.69, 9.17) is 14.2 Å². The van der Waals surface area contributed by atoms with E-state index in [0.29, 0.717) is 6.61 Å². The van der Waals surface area contributed by atoms with Crippen molar-refractivity contribution in [2.24, 2.45) is 0 Å². The van der Waals surface area contributed by atoms with Gasteiger partial charge < -0.3 is 14.2 Å². The van der Waals surface area contributed by atoms with E-state index in [1.807, 2.05) is 24.3 Å². The number of hydrogen-bond donors (Lipinski definition) is 0. The molecule has 0 aliphatic rings. The first-order chi connectivity index (χ1) is 10.0. The molecule has 0 radical (unpaired) electrons. The van der Waals surface area contributed by atoms with Gasteiger partial charge in [0.05, 0.1) is 26.1 Å². The number of hydrogen-bond acceptors (Lipinski definition) is 3. The zero-order chi connectivity index (χ0) is 15.7. The first-order valence-electron chi connectivity index (χ1n) is 7.21. The van der Waals surface area contributed by atoms with Crippen LogP contribution in [0.25, 0.3) is 0 Å². The molecule has 116 valence electrons. The van der Waals surface area contributed by atoms with Gasteiger partial charge in [-0.25, -0.2) is 0 Å². The van der Waals surface area contributed by atoms with Crippen molar-refractivity contribution in [1.29, 1.82) is 0 Å². The lowest BCUT2D eigenvalue weighted by molar-refractivity contribution is 0.0213. The predicted octanol–water partition coefficient (Wildman–Crippen LogP) is 4.49. The Bertz CT molecular complexity index is 444. The summed E-state index contributed by atoms with van der Waals surface area (Å²) in [6.07, 6.45) is 4.49. The van der Waals surface area contributed by atoms with Crippen molar-refractivity contribution in [3.05, 3.63) is 54.3 Å². The molecule has 0 amide bonds. The van der Waals surface area contributed by atoms with Crippen molar-refractivity contribution < 1.29 is 14.2 Å². The minimum atomic E-state index is 0.0124. The van der Waals surface area contributed by atoms with Crippen molar-refractivity contribution >= 4 is 0 Å². The van der Waals surface area contributed by atoms with E-state index < -0.39 is 0 Å². The Balaban J connectivity index is 2.45. The van der Waals surface area contributed by atoms with Crippen molar-refractivity contribution in [3.8, 4) is 5.75 Å². The largest absolute Gasteiger partial charge is 0.497 e. The van der Waals surface area contributed by atoms with Crippen molar-refractivity contribution in [3.63, 3.8) is 0 Å². The van der Waals surface area contributed by atoms with Gasteiger partial charge in [0.25, 0.3) is 0 Å². The standard InChI is InChI=1S/C18H26O3/c1-6-20-18(11-14(2)3)12-15(4)21-13-16-7-9-17(19-5)10-8-16/h6-11,15,18H,1,12-13H2,2-5H3/t15-,18?/m1/s1. The van der Waals surface area contributed by atoms with Gasteiger partial charge in [-0.3, -0.25) is 0 Å². The van der Waals surface area contributed by atoms with Gasteiger partial charge in [0.15, 0.2) is 0 Å². The summed E-state index contributed by atoms with van der Waals surface area (Å²) in [5.41, 5.74) is 2.36. The molecule has 0 N–H and O–H groups in total. The van der Waals surface area contributed by atoms with Crippen molar-refractivity contribution in [2.75, 3.05) is 7.11 Å². The van der Waals surface area contributed by atoms with Crippen LogP contribution in [0, 0.1) is 0 Å². The molecule has 1 unspecified atom stereocenters. The van der Waals surface area contributed by atoms with Gasteiger partial charge in [0.2, 0.25) is 0 Å². The number of rotatable bonds is 9. The summed E-state index contributed by atoms with van der Waals surface area (Å²) in [6.45, 7) is 10.4. The maximum absolute atomic E-state index is 5.88. The van der Waals surface area contributed by atoms with Crippen LogP contribution in [0.15, 0.2) is 48.8 Å². The molecule has 1 aromatic carbocycles. The highest BCUT2D eigenvalue weighted by Crippen LogP contribution is 2.15. The van der Waals surface area contributed by atoms with E-state index in [0.717, 1.165) is 17.7 Å². The number of methoxy groups -OCH3 is 1. The highest BCUT2D eigenvalue weighted by atomic mass is 16.5. The highest BCUT2D eigenvalue weighted by molar-refractivity contribution is 5.26. The van der Waals surface area contributed by atoms with E-state index in [-0.39, 0.29) is 12.2 Å². The van der Waals surface area contributed by atoms with Gasteiger partial charge in [0, 0.05) is 6.42 Å². The van der Waals surface area contributed by atoms with Crippen LogP contribution in [0.5, 0.6) is 5.75 Å². The summed E-state index contributed by atoms with van der Waals surface area (Å²) in [7, 11) is 1.66. The Morgan fingerprint density at radius 1 is 1.24 bits per heavy atom. The summed E-state index contributed by atoms with van der Waals surface area (Å²) in [5, 5.41) is 0. The van der Waals surface area contributed by atoms with E-state index in [2.05, 4.69) is 33.4 Å². The molecule has 3 nitrogen and oxygen atoms in total. The third-order valence-electron chi connectivity index (χ3n) is 3.05. The molecule has 0 aliphatic carbocycles. The average Bonchev–Trinajstić information content (AvgIpc) is 2.45. The maximum atomic E-state index is 5.88. The fourth-order valence-electron chi connectivity index (χ4n) is 2.01. The lowest BCUT2D eigenvalue weighted by Crippen LogP contribution is -2.18. The van der Waals surface area contributed by atoms with Crippen LogP contribution in [-0.4, -0.2) is 19.3 Å². The molecular weight excluding hydrogens is 264 g/mol. The molecular formula is C18H26O3. The second-order valence-corrected chi connectivity index (χ2v) is 5.29. The molecule has 0 aromatic heterocycles. The lowest BCUT2D eigenvalue weighted by atomic mass is 10.1. The topological polar surface area (TPSA) is 27.7 Å². The minimum absolute atomic E-state index is 0.0124. The smallest absolute Gasteiger partial charge is 0.119 e. The zero-order valence-electron chi connectivity index (χ0n) is 13.5. The molecule has 3 heteroatoms.